The molecule has 0 aromatic heterocycles. The lowest BCUT2D eigenvalue weighted by atomic mass is 10.1. The number of amides is 2. The van der Waals surface area contributed by atoms with E-state index in [-0.39, 0.29) is 11.8 Å². The van der Waals surface area contributed by atoms with E-state index in [4.69, 9.17) is 4.74 Å². The molecule has 0 spiro atoms. The Morgan fingerprint density at radius 1 is 0.900 bits per heavy atom. The summed E-state index contributed by atoms with van der Waals surface area (Å²) in [5, 5.41) is 8.90. The van der Waals surface area contributed by atoms with E-state index in [0.29, 0.717) is 11.3 Å². The Bertz CT molecular complexity index is 1030. The van der Waals surface area contributed by atoms with Crippen molar-refractivity contribution < 1.29 is 14.3 Å². The smallest absolute Gasteiger partial charge is 0.251 e. The molecule has 3 N–H and O–H groups in total. The number of para-hydroxylation sites is 2. The molecule has 0 saturated heterocycles. The number of benzene rings is 3. The largest absolute Gasteiger partial charge is 0.497 e. The van der Waals surface area contributed by atoms with Crippen LogP contribution < -0.4 is 20.7 Å². The minimum atomic E-state index is -0.702. The van der Waals surface area contributed by atoms with Gasteiger partial charge in [0.25, 0.3) is 5.91 Å². The van der Waals surface area contributed by atoms with Crippen LogP contribution in [0.5, 0.6) is 5.75 Å². The molecule has 0 aliphatic rings. The second kappa shape index (κ2) is 9.60. The van der Waals surface area contributed by atoms with Crippen LogP contribution in [0.2, 0.25) is 0 Å². The van der Waals surface area contributed by atoms with Crippen molar-refractivity contribution in [2.24, 2.45) is 0 Å². The van der Waals surface area contributed by atoms with Crippen molar-refractivity contribution >= 4 is 28.9 Å². The van der Waals surface area contributed by atoms with Crippen LogP contribution in [-0.2, 0) is 4.79 Å². The molecule has 2 amide bonds. The summed E-state index contributed by atoms with van der Waals surface area (Å²) >= 11 is 0. The zero-order valence-corrected chi connectivity index (χ0v) is 17.2. The van der Waals surface area contributed by atoms with Crippen LogP contribution in [-0.4, -0.2) is 25.0 Å². The first kappa shape index (κ1) is 20.9. The predicted octanol–water partition coefficient (Wildman–Crippen LogP) is 4.50. The van der Waals surface area contributed by atoms with Crippen molar-refractivity contribution in [3.63, 3.8) is 0 Å². The zero-order valence-electron chi connectivity index (χ0n) is 17.2. The summed E-state index contributed by atoms with van der Waals surface area (Å²) in [6.07, 6.45) is 0. The van der Waals surface area contributed by atoms with Gasteiger partial charge in [0, 0.05) is 11.3 Å². The highest BCUT2D eigenvalue weighted by atomic mass is 16.5. The molecule has 0 fully saturated rings. The van der Waals surface area contributed by atoms with Gasteiger partial charge in [0.1, 0.15) is 11.8 Å². The number of nitrogens with one attached hydrogen (secondary N) is 3. The summed E-state index contributed by atoms with van der Waals surface area (Å²) in [7, 11) is 1.62. The normalized spacial score (nSPS) is 11.3. The van der Waals surface area contributed by atoms with E-state index in [1.54, 1.807) is 32.2 Å². The lowest BCUT2D eigenvalue weighted by Gasteiger charge is -2.17. The van der Waals surface area contributed by atoms with Crippen molar-refractivity contribution in [1.29, 1.82) is 0 Å². The molecule has 0 aliphatic carbocycles. The molecule has 3 aromatic rings. The van der Waals surface area contributed by atoms with Gasteiger partial charge in [-0.2, -0.15) is 0 Å². The van der Waals surface area contributed by atoms with Gasteiger partial charge in [0.05, 0.1) is 18.5 Å². The third-order valence-electron chi connectivity index (χ3n) is 4.58. The zero-order chi connectivity index (χ0) is 21.5. The standard InChI is InChI=1S/C24H25N3O3/c1-16-7-6-8-18(15-16)24(29)25-17(2)23(28)27-22-10-5-4-9-21(22)26-19-11-13-20(30-3)14-12-19/h4-15,17,26H,1-3H3,(H,25,29)(H,27,28)/t17-/m0/s1. The van der Waals surface area contributed by atoms with Crippen molar-refractivity contribution in [2.45, 2.75) is 19.9 Å². The highest BCUT2D eigenvalue weighted by molar-refractivity contribution is 6.02. The third kappa shape index (κ3) is 5.38. The first-order valence-corrected chi connectivity index (χ1v) is 9.65. The number of ether oxygens (including phenoxy) is 1. The number of anilines is 3. The third-order valence-corrected chi connectivity index (χ3v) is 4.58. The van der Waals surface area contributed by atoms with Crippen molar-refractivity contribution in [1.82, 2.24) is 5.32 Å². The first-order chi connectivity index (χ1) is 14.5. The molecule has 0 aliphatic heterocycles. The molecular weight excluding hydrogens is 378 g/mol. The molecule has 30 heavy (non-hydrogen) atoms. The molecule has 0 heterocycles. The summed E-state index contributed by atoms with van der Waals surface area (Å²) in [5.74, 6) is 0.172. The van der Waals surface area contributed by atoms with E-state index >= 15 is 0 Å². The number of aryl methyl sites for hydroxylation is 1. The quantitative estimate of drug-likeness (QED) is 0.543. The van der Waals surface area contributed by atoms with Gasteiger partial charge in [0.15, 0.2) is 0 Å². The summed E-state index contributed by atoms with van der Waals surface area (Å²) in [6.45, 7) is 3.57. The Balaban J connectivity index is 1.66. The summed E-state index contributed by atoms with van der Waals surface area (Å²) in [4.78, 5) is 25.1. The second-order valence-electron chi connectivity index (χ2n) is 6.95. The number of methoxy groups -OCH3 is 1. The van der Waals surface area contributed by atoms with Crippen LogP contribution in [0.15, 0.2) is 72.8 Å². The van der Waals surface area contributed by atoms with E-state index in [1.807, 2.05) is 61.5 Å². The molecule has 0 saturated carbocycles. The molecule has 6 nitrogen and oxygen atoms in total. The molecule has 6 heteroatoms. The lowest BCUT2D eigenvalue weighted by Crippen LogP contribution is -2.41. The van der Waals surface area contributed by atoms with Gasteiger partial charge < -0.3 is 20.7 Å². The number of carbonyl (C=O) groups is 2. The van der Waals surface area contributed by atoms with Gasteiger partial charge in [-0.05, 0) is 62.4 Å². The highest BCUT2D eigenvalue weighted by Gasteiger charge is 2.18. The van der Waals surface area contributed by atoms with Gasteiger partial charge in [-0.1, -0.05) is 29.8 Å². The molecule has 0 bridgehead atoms. The Hall–Kier alpha value is -3.80. The molecule has 154 valence electrons. The number of rotatable bonds is 7. The van der Waals surface area contributed by atoms with E-state index < -0.39 is 6.04 Å². The molecule has 3 aromatic carbocycles. The van der Waals surface area contributed by atoms with Crippen molar-refractivity contribution in [3.8, 4) is 5.75 Å². The summed E-state index contributed by atoms with van der Waals surface area (Å²) < 4.78 is 5.17. The lowest BCUT2D eigenvalue weighted by molar-refractivity contribution is -0.117. The van der Waals surface area contributed by atoms with E-state index in [1.165, 1.54) is 0 Å². The average Bonchev–Trinajstić information content (AvgIpc) is 2.75. The Morgan fingerprint density at radius 2 is 1.60 bits per heavy atom. The monoisotopic (exact) mass is 403 g/mol. The average molecular weight is 403 g/mol. The summed E-state index contributed by atoms with van der Waals surface area (Å²) in [5.41, 5.74) is 3.73. The van der Waals surface area contributed by atoms with Crippen LogP contribution in [0.4, 0.5) is 17.1 Å². The van der Waals surface area contributed by atoms with Crippen molar-refractivity contribution in [2.75, 3.05) is 17.7 Å². The maximum atomic E-state index is 12.7. The topological polar surface area (TPSA) is 79.5 Å². The number of carbonyl (C=O) groups excluding carboxylic acids is 2. The Kier molecular flexibility index (Phi) is 6.70. The fourth-order valence-electron chi connectivity index (χ4n) is 2.90. The fourth-order valence-corrected chi connectivity index (χ4v) is 2.90. The minimum Gasteiger partial charge on any atom is -0.497 e. The highest BCUT2D eigenvalue weighted by Crippen LogP contribution is 2.26. The molecule has 1 atom stereocenters. The SMILES string of the molecule is COc1ccc(Nc2ccccc2NC(=O)[C@H](C)NC(=O)c2cccc(C)c2)cc1. The van der Waals surface area contributed by atoms with Gasteiger partial charge in [-0.25, -0.2) is 0 Å². The minimum absolute atomic E-state index is 0.286. The van der Waals surface area contributed by atoms with Crippen LogP contribution >= 0.6 is 0 Å². The predicted molar refractivity (Wildman–Crippen MR) is 119 cm³/mol. The molecule has 0 radical (unpaired) electrons. The fraction of sp³-hybridized carbons (Fsp3) is 0.167. The molecule has 0 unspecified atom stereocenters. The van der Waals surface area contributed by atoms with E-state index in [9.17, 15) is 9.59 Å². The van der Waals surface area contributed by atoms with Gasteiger partial charge in [-0.15, -0.1) is 0 Å². The molecule has 3 rings (SSSR count). The van der Waals surface area contributed by atoms with E-state index in [0.717, 1.165) is 22.7 Å². The second-order valence-corrected chi connectivity index (χ2v) is 6.95. The summed E-state index contributed by atoms with van der Waals surface area (Å²) in [6, 6.07) is 21.4. The first-order valence-electron chi connectivity index (χ1n) is 9.65. The maximum Gasteiger partial charge on any atom is 0.251 e. The van der Waals surface area contributed by atoms with Crippen LogP contribution in [0.3, 0.4) is 0 Å². The number of hydrogen-bond donors (Lipinski definition) is 3. The maximum absolute atomic E-state index is 12.7. The Labute approximate surface area is 176 Å². The molecular formula is C24H25N3O3. The van der Waals surface area contributed by atoms with Crippen LogP contribution in [0.1, 0.15) is 22.8 Å². The van der Waals surface area contributed by atoms with Crippen LogP contribution in [0.25, 0.3) is 0 Å². The van der Waals surface area contributed by atoms with E-state index in [2.05, 4.69) is 16.0 Å². The Morgan fingerprint density at radius 3 is 2.27 bits per heavy atom. The van der Waals surface area contributed by atoms with Crippen molar-refractivity contribution in [3.05, 3.63) is 83.9 Å². The van der Waals surface area contributed by atoms with Gasteiger partial charge in [0.2, 0.25) is 5.91 Å². The van der Waals surface area contributed by atoms with Gasteiger partial charge >= 0.3 is 0 Å². The van der Waals surface area contributed by atoms with Crippen LogP contribution in [0, 0.1) is 6.92 Å². The number of hydrogen-bond acceptors (Lipinski definition) is 4. The van der Waals surface area contributed by atoms with Gasteiger partial charge in [-0.3, -0.25) is 9.59 Å².